The number of morpholine rings is 1. The van der Waals surface area contributed by atoms with Crippen molar-refractivity contribution in [3.05, 3.63) is 52.8 Å². The molecule has 0 spiro atoms. The third-order valence-corrected chi connectivity index (χ3v) is 5.26. The minimum Gasteiger partial charge on any atom is -0.370 e. The Hall–Kier alpha value is -2.05. The fraction of sp³-hybridized carbons (Fsp3) is 0.524. The summed E-state index contributed by atoms with van der Waals surface area (Å²) >= 11 is 6.18. The largest absolute Gasteiger partial charge is 0.370 e. The second kappa shape index (κ2) is 8.97. The minimum absolute atomic E-state index is 0.00671. The molecular formula is C21H30ClN5O. The van der Waals surface area contributed by atoms with Crippen LogP contribution in [0.15, 0.2) is 41.7 Å². The molecule has 0 amide bonds. The summed E-state index contributed by atoms with van der Waals surface area (Å²) in [7, 11) is 1.92. The monoisotopic (exact) mass is 403 g/mol. The second-order valence-corrected chi connectivity index (χ2v) is 8.25. The number of halogens is 1. The zero-order chi connectivity index (χ0) is 20.1. The van der Waals surface area contributed by atoms with Gasteiger partial charge in [-0.25, -0.2) is 0 Å². The standard InChI is InChI=1S/C21H30ClN5O/c1-5-23-20(24-15-21(2,3)17-7-6-8-18(22)11-17)27-9-10-28-19(14-27)16-12-25-26(4)13-16/h6-8,11-13,19H,5,9-10,14-15H2,1-4H3,(H,23,24). The van der Waals surface area contributed by atoms with Gasteiger partial charge in [0.2, 0.25) is 0 Å². The van der Waals surface area contributed by atoms with Crippen molar-refractivity contribution in [1.82, 2.24) is 20.0 Å². The van der Waals surface area contributed by atoms with Gasteiger partial charge in [0, 0.05) is 42.3 Å². The maximum atomic E-state index is 6.18. The number of aliphatic imine (C=N–C) groups is 1. The van der Waals surface area contributed by atoms with Crippen molar-refractivity contribution in [2.24, 2.45) is 12.0 Å². The maximum Gasteiger partial charge on any atom is 0.194 e. The third-order valence-electron chi connectivity index (χ3n) is 5.03. The first kappa shape index (κ1) is 20.7. The Labute approximate surface area is 172 Å². The molecule has 1 aromatic heterocycles. The molecule has 0 radical (unpaired) electrons. The lowest BCUT2D eigenvalue weighted by Gasteiger charge is -2.35. The number of aryl methyl sites for hydroxylation is 1. The smallest absolute Gasteiger partial charge is 0.194 e. The van der Waals surface area contributed by atoms with E-state index < -0.39 is 0 Å². The summed E-state index contributed by atoms with van der Waals surface area (Å²) in [5, 5.41) is 8.47. The molecular weight excluding hydrogens is 374 g/mol. The zero-order valence-electron chi connectivity index (χ0n) is 17.2. The molecule has 1 atom stereocenters. The third kappa shape index (κ3) is 5.06. The summed E-state index contributed by atoms with van der Waals surface area (Å²) in [5.74, 6) is 0.926. The molecule has 3 rings (SSSR count). The van der Waals surface area contributed by atoms with Crippen LogP contribution in [0, 0.1) is 0 Å². The van der Waals surface area contributed by atoms with E-state index in [0.29, 0.717) is 13.2 Å². The molecule has 1 aromatic carbocycles. The average Bonchev–Trinajstić information content (AvgIpc) is 3.12. The van der Waals surface area contributed by atoms with Crippen LogP contribution in [0.3, 0.4) is 0 Å². The topological polar surface area (TPSA) is 54.7 Å². The quantitative estimate of drug-likeness (QED) is 0.614. The number of aromatic nitrogens is 2. The number of benzene rings is 1. The first-order valence-electron chi connectivity index (χ1n) is 9.78. The summed E-state index contributed by atoms with van der Waals surface area (Å²) in [4.78, 5) is 7.24. The number of hydrogen-bond acceptors (Lipinski definition) is 3. The summed E-state index contributed by atoms with van der Waals surface area (Å²) < 4.78 is 7.78. The molecule has 1 aliphatic heterocycles. The van der Waals surface area contributed by atoms with Crippen LogP contribution >= 0.6 is 11.6 Å². The highest BCUT2D eigenvalue weighted by atomic mass is 35.5. The average molecular weight is 404 g/mol. The van der Waals surface area contributed by atoms with Gasteiger partial charge in [-0.2, -0.15) is 5.10 Å². The Morgan fingerprint density at radius 1 is 1.43 bits per heavy atom. The lowest BCUT2D eigenvalue weighted by atomic mass is 9.85. The molecule has 1 saturated heterocycles. The first-order valence-corrected chi connectivity index (χ1v) is 10.2. The number of hydrogen-bond donors (Lipinski definition) is 1. The van der Waals surface area contributed by atoms with Crippen molar-refractivity contribution in [2.75, 3.05) is 32.8 Å². The van der Waals surface area contributed by atoms with Crippen molar-refractivity contribution in [1.29, 1.82) is 0 Å². The Kier molecular flexibility index (Phi) is 6.62. The van der Waals surface area contributed by atoms with Gasteiger partial charge in [-0.3, -0.25) is 9.67 Å². The highest BCUT2D eigenvalue weighted by Gasteiger charge is 2.26. The van der Waals surface area contributed by atoms with Crippen molar-refractivity contribution in [2.45, 2.75) is 32.3 Å². The molecule has 6 nitrogen and oxygen atoms in total. The van der Waals surface area contributed by atoms with Crippen LogP contribution in [0.1, 0.15) is 38.0 Å². The molecule has 2 heterocycles. The molecule has 1 fully saturated rings. The molecule has 0 aliphatic carbocycles. The van der Waals surface area contributed by atoms with Crippen LogP contribution in [-0.2, 0) is 17.2 Å². The van der Waals surface area contributed by atoms with Gasteiger partial charge in [-0.05, 0) is 24.6 Å². The van der Waals surface area contributed by atoms with Crippen LogP contribution in [0.4, 0.5) is 0 Å². The van der Waals surface area contributed by atoms with Gasteiger partial charge in [0.15, 0.2) is 5.96 Å². The molecule has 152 valence electrons. The molecule has 0 saturated carbocycles. The molecule has 1 N–H and O–H groups in total. The number of ether oxygens (including phenoxy) is 1. The van der Waals surface area contributed by atoms with Gasteiger partial charge in [0.1, 0.15) is 6.10 Å². The van der Waals surface area contributed by atoms with E-state index in [1.54, 1.807) is 0 Å². The van der Waals surface area contributed by atoms with Gasteiger partial charge in [0.05, 0.1) is 25.9 Å². The highest BCUT2D eigenvalue weighted by Crippen LogP contribution is 2.26. The van der Waals surface area contributed by atoms with E-state index in [9.17, 15) is 0 Å². The van der Waals surface area contributed by atoms with Gasteiger partial charge in [-0.1, -0.05) is 37.6 Å². The predicted octanol–water partition coefficient (Wildman–Crippen LogP) is 3.39. The van der Waals surface area contributed by atoms with Crippen LogP contribution in [0.5, 0.6) is 0 Å². The fourth-order valence-electron chi connectivity index (χ4n) is 3.35. The maximum absolute atomic E-state index is 6.18. The molecule has 1 unspecified atom stereocenters. The van der Waals surface area contributed by atoms with Gasteiger partial charge < -0.3 is 15.0 Å². The van der Waals surface area contributed by atoms with Crippen molar-refractivity contribution in [3.63, 3.8) is 0 Å². The lowest BCUT2D eigenvalue weighted by molar-refractivity contribution is -0.00806. The van der Waals surface area contributed by atoms with Crippen molar-refractivity contribution in [3.8, 4) is 0 Å². The summed E-state index contributed by atoms with van der Waals surface area (Å²) in [5.41, 5.74) is 2.18. The second-order valence-electron chi connectivity index (χ2n) is 7.82. The van der Waals surface area contributed by atoms with E-state index in [1.165, 1.54) is 5.56 Å². The molecule has 28 heavy (non-hydrogen) atoms. The number of guanidine groups is 1. The Bertz CT molecular complexity index is 817. The molecule has 1 aliphatic rings. The van der Waals surface area contributed by atoms with Gasteiger partial charge in [0.25, 0.3) is 0 Å². The van der Waals surface area contributed by atoms with Crippen LogP contribution in [0.25, 0.3) is 0 Å². The number of nitrogens with one attached hydrogen (secondary N) is 1. The summed E-state index contributed by atoms with van der Waals surface area (Å²) in [6.07, 6.45) is 3.90. The fourth-order valence-corrected chi connectivity index (χ4v) is 3.54. The lowest BCUT2D eigenvalue weighted by Crippen LogP contribution is -2.48. The normalized spacial score (nSPS) is 18.4. The van der Waals surface area contributed by atoms with E-state index in [-0.39, 0.29) is 11.5 Å². The van der Waals surface area contributed by atoms with Crippen LogP contribution < -0.4 is 5.32 Å². The Balaban J connectivity index is 1.74. The SMILES string of the molecule is CCNC(=NCC(C)(C)c1cccc(Cl)c1)N1CCOC(c2cnn(C)c2)C1. The Morgan fingerprint density at radius 3 is 2.93 bits per heavy atom. The highest BCUT2D eigenvalue weighted by molar-refractivity contribution is 6.30. The summed E-state index contributed by atoms with van der Waals surface area (Å²) in [6, 6.07) is 8.04. The predicted molar refractivity (Wildman–Crippen MR) is 114 cm³/mol. The van der Waals surface area contributed by atoms with E-state index >= 15 is 0 Å². The Morgan fingerprint density at radius 2 is 2.25 bits per heavy atom. The zero-order valence-corrected chi connectivity index (χ0v) is 17.9. The van der Waals surface area contributed by atoms with E-state index in [2.05, 4.69) is 42.2 Å². The van der Waals surface area contributed by atoms with Crippen molar-refractivity contribution < 1.29 is 4.74 Å². The van der Waals surface area contributed by atoms with E-state index in [0.717, 1.165) is 36.2 Å². The van der Waals surface area contributed by atoms with Crippen LogP contribution in [0.2, 0.25) is 5.02 Å². The summed E-state index contributed by atoms with van der Waals surface area (Å²) in [6.45, 7) is 10.2. The minimum atomic E-state index is -0.111. The van der Waals surface area contributed by atoms with Gasteiger partial charge >= 0.3 is 0 Å². The molecule has 2 aromatic rings. The van der Waals surface area contributed by atoms with Crippen LogP contribution in [-0.4, -0.2) is 53.4 Å². The van der Waals surface area contributed by atoms with E-state index in [4.69, 9.17) is 21.3 Å². The van der Waals surface area contributed by atoms with E-state index in [1.807, 2.05) is 42.3 Å². The van der Waals surface area contributed by atoms with Gasteiger partial charge in [-0.15, -0.1) is 0 Å². The first-order chi connectivity index (χ1) is 13.4. The molecule has 7 heteroatoms. The number of rotatable bonds is 5. The van der Waals surface area contributed by atoms with Crippen molar-refractivity contribution >= 4 is 17.6 Å². The number of nitrogens with zero attached hydrogens (tertiary/aromatic N) is 4. The molecule has 0 bridgehead atoms.